The smallest absolute Gasteiger partial charge is 0.115 e. The number of fused-ring (bicyclic) bond motifs is 15. The normalized spacial score (nSPS) is 16.1. The van der Waals surface area contributed by atoms with Crippen molar-refractivity contribution < 1.29 is 0 Å². The number of hydrogen-bond donors (Lipinski definition) is 0. The van der Waals surface area contributed by atoms with Gasteiger partial charge in [-0.2, -0.15) is 0 Å². The van der Waals surface area contributed by atoms with Crippen LogP contribution in [0, 0.1) is 0 Å². The predicted molar refractivity (Wildman–Crippen MR) is 182 cm³/mol. The fraction of sp³-hybridized carbons (Fsp3) is 0.0244. The molecule has 9 aromatic rings. The highest BCUT2D eigenvalue weighted by atomic mass is 15.0. The molecule has 45 heavy (non-hydrogen) atoms. The Labute approximate surface area is 258 Å². The van der Waals surface area contributed by atoms with Gasteiger partial charge in [0.15, 0.2) is 0 Å². The van der Waals surface area contributed by atoms with Gasteiger partial charge >= 0.3 is 0 Å². The van der Waals surface area contributed by atoms with Crippen LogP contribution < -0.4 is 0 Å². The molecule has 11 rings (SSSR count). The Kier molecular flexibility index (Phi) is 4.24. The van der Waals surface area contributed by atoms with Crippen molar-refractivity contribution in [3.05, 3.63) is 168 Å². The summed E-state index contributed by atoms with van der Waals surface area (Å²) in [6.45, 7) is 0. The van der Waals surface area contributed by atoms with Crippen molar-refractivity contribution in [2.45, 2.75) is 5.41 Å². The summed E-state index contributed by atoms with van der Waals surface area (Å²) in [4.78, 5) is 8.77. The van der Waals surface area contributed by atoms with Crippen LogP contribution in [-0.2, 0) is 5.41 Å². The maximum absolute atomic E-state index is 4.38. The van der Waals surface area contributed by atoms with Crippen molar-refractivity contribution in [1.82, 2.24) is 19.1 Å². The average molecular weight is 573 g/mol. The van der Waals surface area contributed by atoms with Crippen molar-refractivity contribution in [2.24, 2.45) is 0 Å². The molecule has 0 bridgehead atoms. The highest BCUT2D eigenvalue weighted by Crippen LogP contribution is 2.61. The van der Waals surface area contributed by atoms with Crippen molar-refractivity contribution >= 4 is 43.6 Å². The van der Waals surface area contributed by atoms with Crippen molar-refractivity contribution in [3.63, 3.8) is 0 Å². The zero-order valence-corrected chi connectivity index (χ0v) is 24.1. The number of aromatic nitrogens is 4. The first-order chi connectivity index (χ1) is 22.4. The van der Waals surface area contributed by atoms with E-state index in [1.165, 1.54) is 71.6 Å². The summed E-state index contributed by atoms with van der Waals surface area (Å²) in [6, 6.07) is 47.4. The summed E-state index contributed by atoms with van der Waals surface area (Å²) < 4.78 is 4.81. The molecule has 4 heteroatoms. The first kappa shape index (κ1) is 23.5. The van der Waals surface area contributed by atoms with Gasteiger partial charge in [0.2, 0.25) is 0 Å². The second-order valence-corrected chi connectivity index (χ2v) is 12.2. The second-order valence-electron chi connectivity index (χ2n) is 12.2. The molecule has 6 aromatic carbocycles. The molecule has 0 amide bonds. The minimum Gasteiger partial charge on any atom is -0.309 e. The van der Waals surface area contributed by atoms with E-state index in [0.717, 1.165) is 16.7 Å². The molecule has 1 atom stereocenters. The summed E-state index contributed by atoms with van der Waals surface area (Å²) in [7, 11) is 0. The largest absolute Gasteiger partial charge is 0.309 e. The summed E-state index contributed by atoms with van der Waals surface area (Å²) in [5, 5.41) is 5.04. The molecule has 0 radical (unpaired) electrons. The van der Waals surface area contributed by atoms with Crippen LogP contribution in [0.1, 0.15) is 22.3 Å². The molecular weight excluding hydrogens is 548 g/mol. The Morgan fingerprint density at radius 1 is 0.444 bits per heavy atom. The van der Waals surface area contributed by atoms with E-state index in [9.17, 15) is 0 Å². The molecular formula is C41H24N4. The fourth-order valence-corrected chi connectivity index (χ4v) is 8.71. The minimum absolute atomic E-state index is 0.473. The lowest BCUT2D eigenvalue weighted by Crippen LogP contribution is -2.33. The third kappa shape index (κ3) is 2.66. The SMILES string of the molecule is c1ccc2c(c1)-c1cc3c(cc1C21c2ccccc2-n2c4ccccc4c4cccc1c42)c1ccccc1n3-c1cncnc1. The maximum atomic E-state index is 4.38. The number of nitrogens with zero attached hydrogens (tertiary/aromatic N) is 4. The Bertz CT molecular complexity index is 2710. The zero-order chi connectivity index (χ0) is 29.3. The average Bonchev–Trinajstić information content (AvgIpc) is 3.72. The van der Waals surface area contributed by atoms with E-state index in [2.05, 4.69) is 146 Å². The van der Waals surface area contributed by atoms with Crippen LogP contribution in [0.2, 0.25) is 0 Å². The van der Waals surface area contributed by atoms with Gasteiger partial charge in [-0.1, -0.05) is 97.1 Å². The second kappa shape index (κ2) is 8.13. The number of rotatable bonds is 1. The molecule has 0 saturated heterocycles. The van der Waals surface area contributed by atoms with E-state index in [1.807, 2.05) is 12.4 Å². The van der Waals surface area contributed by atoms with E-state index in [4.69, 9.17) is 0 Å². The summed E-state index contributed by atoms with van der Waals surface area (Å²) in [5.74, 6) is 0. The molecule has 208 valence electrons. The van der Waals surface area contributed by atoms with Crippen LogP contribution in [0.4, 0.5) is 0 Å². The highest BCUT2D eigenvalue weighted by molar-refractivity contribution is 6.15. The third-order valence-electron chi connectivity index (χ3n) is 10.3. The molecule has 1 spiro atoms. The lowest BCUT2D eigenvalue weighted by Gasteiger charge is -2.39. The third-order valence-corrected chi connectivity index (χ3v) is 10.3. The molecule has 0 saturated carbocycles. The fourth-order valence-electron chi connectivity index (χ4n) is 8.71. The molecule has 1 aliphatic heterocycles. The first-order valence-corrected chi connectivity index (χ1v) is 15.4. The topological polar surface area (TPSA) is 35.6 Å². The van der Waals surface area contributed by atoms with Gasteiger partial charge in [0, 0.05) is 21.5 Å². The quantitative estimate of drug-likeness (QED) is 0.196. The number of hydrogen-bond acceptors (Lipinski definition) is 2. The van der Waals surface area contributed by atoms with Crippen molar-refractivity contribution in [2.75, 3.05) is 0 Å². The van der Waals surface area contributed by atoms with Gasteiger partial charge in [-0.25, -0.2) is 9.97 Å². The zero-order valence-electron chi connectivity index (χ0n) is 24.1. The molecule has 4 nitrogen and oxygen atoms in total. The Morgan fingerprint density at radius 3 is 1.93 bits per heavy atom. The lowest BCUT2D eigenvalue weighted by atomic mass is 9.65. The molecule has 0 fully saturated rings. The molecule has 1 aliphatic carbocycles. The van der Waals surface area contributed by atoms with Gasteiger partial charge in [-0.15, -0.1) is 0 Å². The van der Waals surface area contributed by atoms with Gasteiger partial charge < -0.3 is 9.13 Å². The van der Waals surface area contributed by atoms with Crippen molar-refractivity contribution in [1.29, 1.82) is 0 Å². The summed E-state index contributed by atoms with van der Waals surface area (Å²) in [6.07, 6.45) is 5.40. The van der Waals surface area contributed by atoms with Crippen molar-refractivity contribution in [3.8, 4) is 22.5 Å². The Balaban J connectivity index is 1.37. The standard InChI is InChI=1S/C41H24N4/c1-4-14-32-26(10-1)30-21-39-31(28-12-3-6-17-36(28)44(39)25-22-42-24-43-23-25)20-35(30)41(32)33-15-5-8-19-38(33)45-37-18-7-2-11-27(37)29-13-9-16-34(41)40(29)45/h1-24H. The highest BCUT2D eigenvalue weighted by Gasteiger charge is 2.51. The van der Waals surface area contributed by atoms with E-state index in [-0.39, 0.29) is 0 Å². The number of para-hydroxylation sites is 4. The molecule has 3 aromatic heterocycles. The lowest BCUT2D eigenvalue weighted by molar-refractivity contribution is 0.749. The minimum atomic E-state index is -0.473. The molecule has 2 aliphatic rings. The van der Waals surface area contributed by atoms with Gasteiger partial charge in [0.1, 0.15) is 6.33 Å². The number of benzene rings is 6. The van der Waals surface area contributed by atoms with Gasteiger partial charge in [0.05, 0.1) is 51.3 Å². The van der Waals surface area contributed by atoms with Gasteiger partial charge in [-0.3, -0.25) is 0 Å². The molecule has 4 heterocycles. The van der Waals surface area contributed by atoms with E-state index >= 15 is 0 Å². The Hall–Kier alpha value is -6.00. The van der Waals surface area contributed by atoms with E-state index in [0.29, 0.717) is 0 Å². The molecule has 1 unspecified atom stereocenters. The van der Waals surface area contributed by atoms with Crippen LogP contribution in [0.5, 0.6) is 0 Å². The first-order valence-electron chi connectivity index (χ1n) is 15.4. The van der Waals surface area contributed by atoms with Crippen LogP contribution in [0.25, 0.3) is 66.1 Å². The van der Waals surface area contributed by atoms with Gasteiger partial charge in [0.25, 0.3) is 0 Å². The van der Waals surface area contributed by atoms with Gasteiger partial charge in [-0.05, 0) is 63.7 Å². The Morgan fingerprint density at radius 2 is 1.09 bits per heavy atom. The van der Waals surface area contributed by atoms with Crippen LogP contribution >= 0.6 is 0 Å². The molecule has 0 N–H and O–H groups in total. The predicted octanol–water partition coefficient (Wildman–Crippen LogP) is 9.35. The maximum Gasteiger partial charge on any atom is 0.115 e. The summed E-state index contributed by atoms with van der Waals surface area (Å²) in [5.41, 5.74) is 14.5. The van der Waals surface area contributed by atoms with Crippen LogP contribution in [0.15, 0.2) is 146 Å². The van der Waals surface area contributed by atoms with E-state index in [1.54, 1.807) is 6.33 Å². The van der Waals surface area contributed by atoms with E-state index < -0.39 is 5.41 Å². The summed E-state index contributed by atoms with van der Waals surface area (Å²) >= 11 is 0. The van der Waals surface area contributed by atoms with Crippen LogP contribution in [-0.4, -0.2) is 19.1 Å². The van der Waals surface area contributed by atoms with Crippen LogP contribution in [0.3, 0.4) is 0 Å². The monoisotopic (exact) mass is 572 g/mol.